The number of carbonyl (C=O) groups is 1. The summed E-state index contributed by atoms with van der Waals surface area (Å²) < 4.78 is 5.87. The second kappa shape index (κ2) is 5.24. The molecule has 0 saturated heterocycles. The Kier molecular flexibility index (Phi) is 3.42. The average Bonchev–Trinajstić information content (AvgIpc) is 3.16. The number of methoxy groups -OCH3 is 1. The van der Waals surface area contributed by atoms with Crippen LogP contribution in [-0.2, 0) is 10.3 Å². The van der Waals surface area contributed by atoms with E-state index in [-0.39, 0.29) is 11.8 Å². The maximum atomic E-state index is 11.3. The number of carbonyl (C=O) groups excluding carboxylic acids is 1. The van der Waals surface area contributed by atoms with Crippen molar-refractivity contribution in [3.05, 3.63) is 17.7 Å². The van der Waals surface area contributed by atoms with Crippen LogP contribution in [-0.4, -0.2) is 48.4 Å². The molecule has 2 heterocycles. The molecule has 2 aromatic rings. The lowest BCUT2D eigenvalue weighted by Gasteiger charge is -2.29. The van der Waals surface area contributed by atoms with Crippen LogP contribution in [0, 0.1) is 0 Å². The van der Waals surface area contributed by atoms with Gasteiger partial charge in [0, 0.05) is 0 Å². The summed E-state index contributed by atoms with van der Waals surface area (Å²) >= 11 is 0. The Labute approximate surface area is 120 Å². The quantitative estimate of drug-likeness (QED) is 0.782. The van der Waals surface area contributed by atoms with Crippen LogP contribution in [0.3, 0.4) is 0 Å². The molecule has 0 atom stereocenters. The Morgan fingerprint density at radius 2 is 2.19 bits per heavy atom. The number of aromatic nitrogens is 6. The highest BCUT2D eigenvalue weighted by molar-refractivity contribution is 5.84. The van der Waals surface area contributed by atoms with Crippen molar-refractivity contribution in [2.75, 3.05) is 7.11 Å². The predicted molar refractivity (Wildman–Crippen MR) is 69.6 cm³/mol. The number of rotatable bonds is 3. The number of H-pyrrole nitrogens is 1. The number of nitrogens with zero attached hydrogens (tertiary/aromatic N) is 5. The van der Waals surface area contributed by atoms with E-state index in [1.54, 1.807) is 6.20 Å². The van der Waals surface area contributed by atoms with Gasteiger partial charge in [-0.15, -0.1) is 10.2 Å². The third kappa shape index (κ3) is 2.51. The van der Waals surface area contributed by atoms with Gasteiger partial charge in [-0.25, -0.2) is 4.79 Å². The van der Waals surface area contributed by atoms with E-state index in [9.17, 15) is 9.90 Å². The fourth-order valence-electron chi connectivity index (χ4n) is 2.51. The smallest absolute Gasteiger partial charge is 0.375 e. The summed E-state index contributed by atoms with van der Waals surface area (Å²) in [7, 11) is 1.26. The molecule has 2 N–H and O–H groups in total. The van der Waals surface area contributed by atoms with Gasteiger partial charge in [0.2, 0.25) is 5.82 Å². The average molecular weight is 292 g/mol. The Morgan fingerprint density at radius 3 is 2.90 bits per heavy atom. The number of hydrogen-bond acceptors (Lipinski definition) is 7. The van der Waals surface area contributed by atoms with Gasteiger partial charge in [0.05, 0.1) is 13.3 Å². The molecule has 112 valence electrons. The number of hydrogen-bond donors (Lipinski definition) is 2. The van der Waals surface area contributed by atoms with Gasteiger partial charge in [-0.2, -0.15) is 9.67 Å². The molecule has 0 amide bonds. The Bertz CT molecular complexity index is 643. The lowest BCUT2D eigenvalue weighted by Crippen LogP contribution is -2.28. The van der Waals surface area contributed by atoms with Gasteiger partial charge in [0.1, 0.15) is 11.3 Å². The first-order valence-electron chi connectivity index (χ1n) is 6.79. The van der Waals surface area contributed by atoms with E-state index in [0.717, 1.165) is 19.3 Å². The number of nitrogens with one attached hydrogen (secondary N) is 1. The molecule has 1 fully saturated rings. The molecule has 1 aliphatic carbocycles. The van der Waals surface area contributed by atoms with E-state index in [2.05, 4.69) is 30.2 Å². The van der Waals surface area contributed by atoms with Gasteiger partial charge >= 0.3 is 5.97 Å². The largest absolute Gasteiger partial charge is 0.463 e. The van der Waals surface area contributed by atoms with Gasteiger partial charge in [-0.1, -0.05) is 24.5 Å². The first-order chi connectivity index (χ1) is 10.1. The minimum Gasteiger partial charge on any atom is -0.463 e. The van der Waals surface area contributed by atoms with E-state index in [1.807, 2.05) is 0 Å². The second-order valence-electron chi connectivity index (χ2n) is 5.12. The molecular formula is C12H16N6O3. The van der Waals surface area contributed by atoms with E-state index in [1.165, 1.54) is 11.8 Å². The summed E-state index contributed by atoms with van der Waals surface area (Å²) in [6.45, 7) is 0. The van der Waals surface area contributed by atoms with E-state index in [4.69, 9.17) is 0 Å². The van der Waals surface area contributed by atoms with Crippen LogP contribution >= 0.6 is 0 Å². The summed E-state index contributed by atoms with van der Waals surface area (Å²) in [6.07, 6.45) is 6.00. The maximum Gasteiger partial charge on any atom is 0.375 e. The lowest BCUT2D eigenvalue weighted by atomic mass is 9.83. The van der Waals surface area contributed by atoms with Crippen molar-refractivity contribution in [2.24, 2.45) is 0 Å². The zero-order valence-electron chi connectivity index (χ0n) is 11.6. The molecule has 0 spiro atoms. The lowest BCUT2D eigenvalue weighted by molar-refractivity contribution is -0.00472. The third-order valence-electron chi connectivity index (χ3n) is 3.71. The Hall–Kier alpha value is -2.29. The highest BCUT2D eigenvalue weighted by Crippen LogP contribution is 2.35. The van der Waals surface area contributed by atoms with Crippen LogP contribution in [0.15, 0.2) is 6.20 Å². The van der Waals surface area contributed by atoms with Gasteiger partial charge in [-0.05, 0) is 12.8 Å². The minimum atomic E-state index is -0.933. The molecule has 0 unspecified atom stereocenters. The first-order valence-corrected chi connectivity index (χ1v) is 6.79. The van der Waals surface area contributed by atoms with Crippen LogP contribution in [0.4, 0.5) is 0 Å². The van der Waals surface area contributed by atoms with Gasteiger partial charge in [0.25, 0.3) is 5.95 Å². The summed E-state index contributed by atoms with van der Waals surface area (Å²) in [6, 6.07) is 0. The first kappa shape index (κ1) is 13.7. The zero-order valence-corrected chi connectivity index (χ0v) is 11.6. The Morgan fingerprint density at radius 1 is 1.43 bits per heavy atom. The van der Waals surface area contributed by atoms with Crippen LogP contribution in [0.5, 0.6) is 0 Å². The van der Waals surface area contributed by atoms with E-state index >= 15 is 0 Å². The molecule has 1 saturated carbocycles. The molecule has 3 rings (SSSR count). The molecule has 9 nitrogen and oxygen atoms in total. The SMILES string of the molecule is COC(=O)c1nc(-n2cc(C3(O)CCCCC3)nn2)n[nH]1. The van der Waals surface area contributed by atoms with Gasteiger partial charge in [-0.3, -0.25) is 5.10 Å². The predicted octanol–water partition coefficient (Wildman–Crippen LogP) is 0.324. The fourth-order valence-corrected chi connectivity index (χ4v) is 2.51. The standard InChI is InChI=1S/C12H16N6O3/c1-21-10(19)9-13-11(16-15-9)18-7-8(14-17-18)12(20)5-3-2-4-6-12/h7,20H,2-6H2,1H3,(H,13,15,16). The van der Waals surface area contributed by atoms with Crippen molar-refractivity contribution in [3.8, 4) is 5.95 Å². The molecule has 9 heteroatoms. The topological polar surface area (TPSA) is 119 Å². The van der Waals surface area contributed by atoms with Crippen molar-refractivity contribution >= 4 is 5.97 Å². The fraction of sp³-hybridized carbons (Fsp3) is 0.583. The highest BCUT2D eigenvalue weighted by atomic mass is 16.5. The minimum absolute atomic E-state index is 0.0130. The molecule has 21 heavy (non-hydrogen) atoms. The van der Waals surface area contributed by atoms with E-state index in [0.29, 0.717) is 18.5 Å². The number of ether oxygens (including phenoxy) is 1. The van der Waals surface area contributed by atoms with Crippen molar-refractivity contribution in [2.45, 2.75) is 37.7 Å². The molecule has 0 radical (unpaired) electrons. The highest BCUT2D eigenvalue weighted by Gasteiger charge is 2.34. The van der Waals surface area contributed by atoms with Crippen LogP contribution in [0.25, 0.3) is 5.95 Å². The molecular weight excluding hydrogens is 276 g/mol. The van der Waals surface area contributed by atoms with Gasteiger partial charge < -0.3 is 9.84 Å². The number of aliphatic hydroxyl groups is 1. The molecule has 2 aromatic heterocycles. The summed E-state index contributed by atoms with van der Waals surface area (Å²) in [4.78, 5) is 15.3. The van der Waals surface area contributed by atoms with Crippen LogP contribution in [0.1, 0.15) is 48.4 Å². The molecule has 0 aromatic carbocycles. The molecule has 0 bridgehead atoms. The summed E-state index contributed by atoms with van der Waals surface area (Å²) in [5.74, 6) is -0.450. The molecule has 0 aliphatic heterocycles. The zero-order chi connectivity index (χ0) is 14.9. The third-order valence-corrected chi connectivity index (χ3v) is 3.71. The monoisotopic (exact) mass is 292 g/mol. The normalized spacial score (nSPS) is 17.6. The van der Waals surface area contributed by atoms with Gasteiger partial charge in [0.15, 0.2) is 0 Å². The second-order valence-corrected chi connectivity index (χ2v) is 5.12. The van der Waals surface area contributed by atoms with Crippen molar-refractivity contribution in [1.29, 1.82) is 0 Å². The van der Waals surface area contributed by atoms with Crippen molar-refractivity contribution in [1.82, 2.24) is 30.2 Å². The number of esters is 1. The summed E-state index contributed by atoms with van der Waals surface area (Å²) in [5, 5.41) is 24.9. The summed E-state index contributed by atoms with van der Waals surface area (Å²) in [5.41, 5.74) is -0.426. The van der Waals surface area contributed by atoms with E-state index < -0.39 is 11.6 Å². The van der Waals surface area contributed by atoms with Crippen LogP contribution < -0.4 is 0 Å². The van der Waals surface area contributed by atoms with Crippen molar-refractivity contribution < 1.29 is 14.6 Å². The number of aromatic amines is 1. The molecule has 1 aliphatic rings. The van der Waals surface area contributed by atoms with Crippen molar-refractivity contribution in [3.63, 3.8) is 0 Å². The Balaban J connectivity index is 1.84. The van der Waals surface area contributed by atoms with Crippen LogP contribution in [0.2, 0.25) is 0 Å². The maximum absolute atomic E-state index is 11.3.